The van der Waals surface area contributed by atoms with Crippen LogP contribution in [0.5, 0.6) is 11.5 Å². The molecule has 0 aromatic heterocycles. The first-order valence-electron chi connectivity index (χ1n) is 6.77. The monoisotopic (exact) mass is 299 g/mol. The van der Waals surface area contributed by atoms with Gasteiger partial charge in [0.1, 0.15) is 5.82 Å². The van der Waals surface area contributed by atoms with Crippen LogP contribution in [0.3, 0.4) is 0 Å². The van der Waals surface area contributed by atoms with Crippen LogP contribution < -0.4 is 14.8 Å². The summed E-state index contributed by atoms with van der Waals surface area (Å²) in [6, 6.07) is 9.67. The van der Waals surface area contributed by atoms with E-state index in [1.165, 1.54) is 18.2 Å². The van der Waals surface area contributed by atoms with E-state index in [-0.39, 0.29) is 18.5 Å². The molecule has 4 nitrogen and oxygen atoms in total. The second kappa shape index (κ2) is 5.89. The van der Waals surface area contributed by atoms with E-state index in [9.17, 15) is 9.18 Å². The van der Waals surface area contributed by atoms with Gasteiger partial charge in [-0.1, -0.05) is 12.1 Å². The Hall–Kier alpha value is -2.82. The van der Waals surface area contributed by atoms with Gasteiger partial charge in [-0.15, -0.1) is 0 Å². The molecule has 0 unspecified atom stereocenters. The highest BCUT2D eigenvalue weighted by molar-refractivity contribution is 6.02. The summed E-state index contributed by atoms with van der Waals surface area (Å²) >= 11 is 0. The Kier molecular flexibility index (Phi) is 3.78. The van der Waals surface area contributed by atoms with E-state index < -0.39 is 0 Å². The zero-order valence-corrected chi connectivity index (χ0v) is 11.9. The van der Waals surface area contributed by atoms with Crippen LogP contribution in [0.4, 0.5) is 10.1 Å². The molecule has 2 aromatic rings. The maximum absolute atomic E-state index is 13.2. The van der Waals surface area contributed by atoms with E-state index >= 15 is 0 Å². The maximum Gasteiger partial charge on any atom is 0.248 e. The standard InChI is InChI=1S/C17H14FNO3/c1-11-2-5-13(18)9-14(11)19-17(20)7-4-12-3-6-15-16(8-12)22-10-21-15/h2-9H,10H2,1H3,(H,19,20)/b7-4+. The number of carbonyl (C=O) groups is 1. The van der Waals surface area contributed by atoms with Gasteiger partial charge in [-0.2, -0.15) is 0 Å². The summed E-state index contributed by atoms with van der Waals surface area (Å²) in [4.78, 5) is 11.9. The van der Waals surface area contributed by atoms with Crippen LogP contribution in [0.25, 0.3) is 6.08 Å². The predicted molar refractivity (Wildman–Crippen MR) is 81.4 cm³/mol. The van der Waals surface area contributed by atoms with Crippen molar-refractivity contribution in [3.63, 3.8) is 0 Å². The molecule has 1 aliphatic heterocycles. The topological polar surface area (TPSA) is 47.6 Å². The third-order valence-corrected chi connectivity index (χ3v) is 3.28. The molecule has 0 aliphatic carbocycles. The van der Waals surface area contributed by atoms with Gasteiger partial charge in [0.05, 0.1) is 0 Å². The van der Waals surface area contributed by atoms with Crippen LogP contribution in [-0.2, 0) is 4.79 Å². The second-order valence-electron chi connectivity index (χ2n) is 4.89. The maximum atomic E-state index is 13.2. The minimum Gasteiger partial charge on any atom is -0.454 e. The molecule has 1 aliphatic rings. The molecular formula is C17H14FNO3. The molecule has 0 radical (unpaired) electrons. The van der Waals surface area contributed by atoms with E-state index in [4.69, 9.17) is 9.47 Å². The minimum absolute atomic E-state index is 0.210. The molecule has 1 N–H and O–H groups in total. The van der Waals surface area contributed by atoms with Gasteiger partial charge in [0.25, 0.3) is 0 Å². The predicted octanol–water partition coefficient (Wildman–Crippen LogP) is 3.51. The summed E-state index contributed by atoms with van der Waals surface area (Å²) in [6.07, 6.45) is 3.05. The average Bonchev–Trinajstić information content (AvgIpc) is 2.96. The number of benzene rings is 2. The Labute approximate surface area is 127 Å². The Morgan fingerprint density at radius 3 is 2.86 bits per heavy atom. The van der Waals surface area contributed by atoms with Crippen LogP contribution in [-0.4, -0.2) is 12.7 Å². The Morgan fingerprint density at radius 1 is 1.18 bits per heavy atom. The van der Waals surface area contributed by atoms with E-state index in [0.717, 1.165) is 11.1 Å². The summed E-state index contributed by atoms with van der Waals surface area (Å²) in [5.74, 6) is 0.632. The van der Waals surface area contributed by atoms with Gasteiger partial charge in [0.2, 0.25) is 12.7 Å². The number of hydrogen-bond donors (Lipinski definition) is 1. The fourth-order valence-electron chi connectivity index (χ4n) is 2.09. The van der Waals surface area contributed by atoms with E-state index in [1.54, 1.807) is 31.2 Å². The quantitative estimate of drug-likeness (QED) is 0.882. The number of fused-ring (bicyclic) bond motifs is 1. The third-order valence-electron chi connectivity index (χ3n) is 3.28. The SMILES string of the molecule is Cc1ccc(F)cc1NC(=O)/C=C/c1ccc2c(c1)OCO2. The van der Waals surface area contributed by atoms with Crippen LogP contribution in [0.1, 0.15) is 11.1 Å². The van der Waals surface area contributed by atoms with Crippen LogP contribution in [0, 0.1) is 12.7 Å². The first-order valence-corrected chi connectivity index (χ1v) is 6.77. The average molecular weight is 299 g/mol. The number of hydrogen-bond acceptors (Lipinski definition) is 3. The molecule has 1 amide bonds. The Bertz CT molecular complexity index is 756. The highest BCUT2D eigenvalue weighted by Crippen LogP contribution is 2.32. The van der Waals surface area contributed by atoms with E-state index in [1.807, 2.05) is 6.07 Å². The zero-order chi connectivity index (χ0) is 15.5. The van der Waals surface area contributed by atoms with Crippen LogP contribution in [0.15, 0.2) is 42.5 Å². The molecule has 0 atom stereocenters. The van der Waals surface area contributed by atoms with Gasteiger partial charge in [-0.05, 0) is 48.4 Å². The molecule has 22 heavy (non-hydrogen) atoms. The van der Waals surface area contributed by atoms with Gasteiger partial charge in [-0.3, -0.25) is 4.79 Å². The molecule has 112 valence electrons. The highest BCUT2D eigenvalue weighted by atomic mass is 19.1. The van der Waals surface area contributed by atoms with Gasteiger partial charge < -0.3 is 14.8 Å². The van der Waals surface area contributed by atoms with Crippen molar-refractivity contribution in [2.45, 2.75) is 6.92 Å². The van der Waals surface area contributed by atoms with Crippen molar-refractivity contribution in [2.75, 3.05) is 12.1 Å². The third kappa shape index (κ3) is 3.09. The fraction of sp³-hybridized carbons (Fsp3) is 0.118. The molecule has 0 saturated carbocycles. The minimum atomic E-state index is -0.388. The van der Waals surface area contributed by atoms with Crippen molar-refractivity contribution in [3.8, 4) is 11.5 Å². The zero-order valence-electron chi connectivity index (χ0n) is 11.9. The molecule has 5 heteroatoms. The summed E-state index contributed by atoms with van der Waals surface area (Å²) in [5.41, 5.74) is 2.07. The van der Waals surface area contributed by atoms with Gasteiger partial charge in [-0.25, -0.2) is 4.39 Å². The largest absolute Gasteiger partial charge is 0.454 e. The number of ether oxygens (including phenoxy) is 2. The van der Waals surface area contributed by atoms with Gasteiger partial charge in [0.15, 0.2) is 11.5 Å². The lowest BCUT2D eigenvalue weighted by Crippen LogP contribution is -2.09. The highest BCUT2D eigenvalue weighted by Gasteiger charge is 2.12. The summed E-state index contributed by atoms with van der Waals surface area (Å²) in [5, 5.41) is 2.65. The van der Waals surface area contributed by atoms with Crippen molar-refractivity contribution in [2.24, 2.45) is 0 Å². The molecule has 0 saturated heterocycles. The van der Waals surface area contributed by atoms with Crippen molar-refractivity contribution in [1.82, 2.24) is 0 Å². The Morgan fingerprint density at radius 2 is 2.00 bits per heavy atom. The van der Waals surface area contributed by atoms with Crippen molar-refractivity contribution in [1.29, 1.82) is 0 Å². The number of halogens is 1. The normalized spacial score (nSPS) is 12.6. The lowest BCUT2D eigenvalue weighted by molar-refractivity contribution is -0.111. The van der Waals surface area contributed by atoms with Gasteiger partial charge in [0, 0.05) is 11.8 Å². The first-order chi connectivity index (χ1) is 10.6. The smallest absolute Gasteiger partial charge is 0.248 e. The van der Waals surface area contributed by atoms with Crippen LogP contribution >= 0.6 is 0 Å². The number of aryl methyl sites for hydroxylation is 1. The number of rotatable bonds is 3. The number of anilines is 1. The van der Waals surface area contributed by atoms with E-state index in [2.05, 4.69) is 5.32 Å². The van der Waals surface area contributed by atoms with Gasteiger partial charge >= 0.3 is 0 Å². The second-order valence-corrected chi connectivity index (χ2v) is 4.89. The van der Waals surface area contributed by atoms with Crippen molar-refractivity contribution >= 4 is 17.7 Å². The molecule has 1 heterocycles. The summed E-state index contributed by atoms with van der Waals surface area (Å²) in [7, 11) is 0. The summed E-state index contributed by atoms with van der Waals surface area (Å²) in [6.45, 7) is 2.01. The van der Waals surface area contributed by atoms with Crippen molar-refractivity contribution in [3.05, 3.63) is 59.4 Å². The lowest BCUT2D eigenvalue weighted by atomic mass is 10.1. The fourth-order valence-corrected chi connectivity index (χ4v) is 2.09. The molecule has 3 rings (SSSR count). The summed E-state index contributed by atoms with van der Waals surface area (Å²) < 4.78 is 23.7. The van der Waals surface area contributed by atoms with Crippen molar-refractivity contribution < 1.29 is 18.7 Å². The number of nitrogens with one attached hydrogen (secondary N) is 1. The molecule has 0 bridgehead atoms. The lowest BCUT2D eigenvalue weighted by Gasteiger charge is -2.06. The molecular weight excluding hydrogens is 285 g/mol. The molecule has 0 fully saturated rings. The van der Waals surface area contributed by atoms with Crippen LogP contribution in [0.2, 0.25) is 0 Å². The van der Waals surface area contributed by atoms with E-state index in [0.29, 0.717) is 17.2 Å². The first kappa shape index (κ1) is 14.1. The number of amides is 1. The molecule has 0 spiro atoms. The Balaban J connectivity index is 1.70. The molecule has 2 aromatic carbocycles. The number of carbonyl (C=O) groups excluding carboxylic acids is 1.